The molecule has 3 aromatic carbocycles. The standard InChI is InChI=1S/C39H42N4O17S/c1-50-27-19-25(38(45)52-3)30(34-32(27)56-22-58-34)31-26(20-28(51-2)33-35(31)59-23-57-33)39(46)55-18-15-41-11-13-42(14-12-41)21-29(44)53-16-7-8-17-54-36-37(43(47)60-40-36)61(48,49)24-9-5-4-6-10-24/h4-6,9-10,19-20H,7-8,11-18,21-23H2,1-3H3. The van der Waals surface area contributed by atoms with Crippen molar-refractivity contribution in [2.75, 3.05) is 94.0 Å². The Bertz CT molecular complexity index is 2360. The monoisotopic (exact) mass is 870 g/mol. The maximum atomic E-state index is 13.9. The number of nitrogens with zero attached hydrogens (tertiary/aromatic N) is 4. The van der Waals surface area contributed by atoms with Crippen molar-refractivity contribution in [2.45, 2.75) is 22.8 Å². The van der Waals surface area contributed by atoms with Crippen LogP contribution in [0.2, 0.25) is 0 Å². The Morgan fingerprint density at radius 3 is 1.93 bits per heavy atom. The molecular weight excluding hydrogens is 829 g/mol. The van der Waals surface area contributed by atoms with Crippen molar-refractivity contribution in [3.8, 4) is 51.5 Å². The minimum atomic E-state index is -4.23. The number of hydrogen-bond acceptors (Lipinski definition) is 20. The van der Waals surface area contributed by atoms with Crippen molar-refractivity contribution in [3.63, 3.8) is 0 Å². The van der Waals surface area contributed by atoms with E-state index in [0.29, 0.717) is 45.6 Å². The first kappa shape index (κ1) is 42.6. The van der Waals surface area contributed by atoms with Gasteiger partial charge in [-0.25, -0.2) is 18.0 Å². The van der Waals surface area contributed by atoms with E-state index in [1.165, 1.54) is 57.7 Å². The predicted octanol–water partition coefficient (Wildman–Crippen LogP) is 2.25. The van der Waals surface area contributed by atoms with Crippen LogP contribution in [0.5, 0.6) is 40.4 Å². The normalized spacial score (nSPS) is 14.7. The van der Waals surface area contributed by atoms with Crippen LogP contribution in [0.15, 0.2) is 57.0 Å². The number of benzene rings is 3. The number of sulfone groups is 1. The Kier molecular flexibility index (Phi) is 13.1. The van der Waals surface area contributed by atoms with E-state index in [9.17, 15) is 28.0 Å². The Morgan fingerprint density at radius 1 is 0.754 bits per heavy atom. The van der Waals surface area contributed by atoms with Gasteiger partial charge in [-0.1, -0.05) is 18.2 Å². The third-order valence-electron chi connectivity index (χ3n) is 9.89. The van der Waals surface area contributed by atoms with E-state index >= 15 is 0 Å². The molecule has 21 nitrogen and oxygen atoms in total. The second kappa shape index (κ2) is 18.8. The maximum Gasteiger partial charge on any atom is 0.414 e. The van der Waals surface area contributed by atoms with E-state index in [1.54, 1.807) is 6.07 Å². The van der Waals surface area contributed by atoms with Gasteiger partial charge >= 0.3 is 28.8 Å². The zero-order chi connectivity index (χ0) is 43.1. The van der Waals surface area contributed by atoms with Crippen LogP contribution in [-0.4, -0.2) is 135 Å². The first-order chi connectivity index (χ1) is 29.5. The molecule has 61 heavy (non-hydrogen) atoms. The molecule has 326 valence electrons. The number of ether oxygens (including phenoxy) is 10. The van der Waals surface area contributed by atoms with Gasteiger partial charge in [0, 0.05) is 43.9 Å². The highest BCUT2D eigenvalue weighted by Crippen LogP contribution is 2.56. The lowest BCUT2D eigenvalue weighted by Gasteiger charge is -2.33. The summed E-state index contributed by atoms with van der Waals surface area (Å²) < 4.78 is 85.9. The van der Waals surface area contributed by atoms with Gasteiger partial charge in [-0.05, 0) is 42.0 Å². The van der Waals surface area contributed by atoms with E-state index < -0.39 is 38.7 Å². The summed E-state index contributed by atoms with van der Waals surface area (Å²) in [5.74, 6) is -1.17. The largest absolute Gasteiger partial charge is 0.493 e. The van der Waals surface area contributed by atoms with Crippen LogP contribution < -0.4 is 38.1 Å². The summed E-state index contributed by atoms with van der Waals surface area (Å²) in [6, 6.07) is 10.2. The number of methoxy groups -OCH3 is 3. The number of rotatable bonds is 18. The number of piperazine rings is 1. The summed E-state index contributed by atoms with van der Waals surface area (Å²) in [6.07, 6.45) is 0.781. The van der Waals surface area contributed by atoms with Gasteiger partial charge in [0.25, 0.3) is 9.84 Å². The Balaban J connectivity index is 0.883. The van der Waals surface area contributed by atoms with Crippen LogP contribution in [0, 0.1) is 5.21 Å². The summed E-state index contributed by atoms with van der Waals surface area (Å²) in [7, 11) is -0.181. The highest BCUT2D eigenvalue weighted by atomic mass is 32.2. The van der Waals surface area contributed by atoms with E-state index in [0.717, 1.165) is 0 Å². The molecule has 0 atom stereocenters. The molecule has 22 heteroatoms. The fourth-order valence-corrected chi connectivity index (χ4v) is 8.15. The molecule has 0 N–H and O–H groups in total. The molecular formula is C39H42N4O17S. The van der Waals surface area contributed by atoms with Gasteiger partial charge in [-0.3, -0.25) is 19.2 Å². The number of aromatic nitrogens is 2. The second-order valence-corrected chi connectivity index (χ2v) is 15.4. The van der Waals surface area contributed by atoms with Gasteiger partial charge in [0.1, 0.15) is 6.61 Å². The predicted molar refractivity (Wildman–Crippen MR) is 205 cm³/mol. The number of carbonyl (C=O) groups excluding carboxylic acids is 3. The number of hydrogen-bond donors (Lipinski definition) is 0. The molecule has 3 aliphatic heterocycles. The molecule has 0 aliphatic carbocycles. The highest BCUT2D eigenvalue weighted by molar-refractivity contribution is 7.91. The zero-order valence-corrected chi connectivity index (χ0v) is 34.2. The van der Waals surface area contributed by atoms with Crippen LogP contribution in [-0.2, 0) is 28.8 Å². The molecule has 4 heterocycles. The summed E-state index contributed by atoms with van der Waals surface area (Å²) >= 11 is 0. The quantitative estimate of drug-likeness (QED) is 0.0603. The molecule has 1 aromatic heterocycles. The van der Waals surface area contributed by atoms with Gasteiger partial charge in [-0.2, -0.15) is 0 Å². The van der Waals surface area contributed by atoms with Crippen molar-refractivity contribution in [1.29, 1.82) is 0 Å². The Hall–Kier alpha value is -6.52. The van der Waals surface area contributed by atoms with Crippen LogP contribution in [0.3, 0.4) is 0 Å². The van der Waals surface area contributed by atoms with Gasteiger partial charge in [-0.15, -0.1) is 0 Å². The third-order valence-corrected chi connectivity index (χ3v) is 11.6. The Labute approximate surface area is 348 Å². The molecule has 0 radical (unpaired) electrons. The molecule has 0 amide bonds. The summed E-state index contributed by atoms with van der Waals surface area (Å²) in [5.41, 5.74) is 0.355. The molecule has 0 unspecified atom stereocenters. The number of esters is 3. The molecule has 0 spiro atoms. The third kappa shape index (κ3) is 9.00. The molecule has 4 aromatic rings. The minimum Gasteiger partial charge on any atom is -0.493 e. The maximum absolute atomic E-state index is 13.9. The fraction of sp³-hybridized carbons (Fsp3) is 0.410. The van der Waals surface area contributed by atoms with E-state index in [2.05, 4.69) is 14.7 Å². The minimum absolute atomic E-state index is 0.00410. The van der Waals surface area contributed by atoms with Crippen molar-refractivity contribution in [1.82, 2.24) is 15.0 Å². The molecule has 7 rings (SSSR count). The molecule has 3 aliphatic rings. The molecule has 1 saturated heterocycles. The SMILES string of the molecule is COC(=O)c1cc(OC)c2c(c1-c1c(C(=O)OCCN3CCN(CC(=O)OCCCCOc4no[n+]([O-])c4S(=O)(=O)c4ccccc4)CC3)cc(OC)c3c1OCO3)OCO2. The molecule has 1 fully saturated rings. The van der Waals surface area contributed by atoms with Crippen LogP contribution in [0.4, 0.5) is 0 Å². The van der Waals surface area contributed by atoms with Crippen molar-refractivity contribution in [3.05, 3.63) is 58.8 Å². The van der Waals surface area contributed by atoms with Crippen molar-refractivity contribution in [2.24, 2.45) is 0 Å². The Morgan fingerprint density at radius 2 is 1.33 bits per heavy atom. The van der Waals surface area contributed by atoms with Gasteiger partial charge in [0.05, 0.1) is 62.3 Å². The lowest BCUT2D eigenvalue weighted by Crippen LogP contribution is -2.48. The lowest BCUT2D eigenvalue weighted by atomic mass is 9.92. The van der Waals surface area contributed by atoms with E-state index in [1.807, 2.05) is 4.90 Å². The van der Waals surface area contributed by atoms with Crippen LogP contribution >= 0.6 is 0 Å². The fourth-order valence-electron chi connectivity index (χ4n) is 6.85. The average Bonchev–Trinajstić information content (AvgIpc) is 4.05. The first-order valence-electron chi connectivity index (χ1n) is 19.0. The number of carbonyl (C=O) groups is 3. The van der Waals surface area contributed by atoms with Crippen molar-refractivity contribution < 1.29 is 79.7 Å². The van der Waals surface area contributed by atoms with E-state index in [4.69, 9.17) is 47.4 Å². The zero-order valence-electron chi connectivity index (χ0n) is 33.4. The van der Waals surface area contributed by atoms with Gasteiger partial charge < -0.3 is 52.6 Å². The number of unbranched alkanes of at least 4 members (excludes halogenated alkanes) is 1. The average molecular weight is 871 g/mol. The smallest absolute Gasteiger partial charge is 0.414 e. The molecule has 0 saturated carbocycles. The molecule has 0 bridgehead atoms. The van der Waals surface area contributed by atoms with E-state index in [-0.39, 0.29) is 107 Å². The van der Waals surface area contributed by atoms with Gasteiger partial charge in [0.15, 0.2) is 23.0 Å². The van der Waals surface area contributed by atoms with Crippen LogP contribution in [0.1, 0.15) is 33.6 Å². The number of fused-ring (bicyclic) bond motifs is 2. The summed E-state index contributed by atoms with van der Waals surface area (Å²) in [5, 5.41) is 14.7. The first-order valence-corrected chi connectivity index (χ1v) is 20.4. The lowest BCUT2D eigenvalue weighted by molar-refractivity contribution is -0.832. The summed E-state index contributed by atoms with van der Waals surface area (Å²) in [4.78, 5) is 43.3. The second-order valence-electron chi connectivity index (χ2n) is 13.5. The van der Waals surface area contributed by atoms with Crippen molar-refractivity contribution >= 4 is 27.7 Å². The van der Waals surface area contributed by atoms with Crippen LogP contribution in [0.25, 0.3) is 11.1 Å². The summed E-state index contributed by atoms with van der Waals surface area (Å²) in [6.45, 7) is 2.56. The topological polar surface area (TPSA) is 237 Å². The van der Waals surface area contributed by atoms with Gasteiger partial charge in [0.2, 0.25) is 25.1 Å². The highest BCUT2D eigenvalue weighted by Gasteiger charge is 2.39.